The lowest BCUT2D eigenvalue weighted by Gasteiger charge is -2.15. The smallest absolute Gasteiger partial charge is 0.340 e. The highest BCUT2D eigenvalue weighted by molar-refractivity contribution is 5.95. The zero-order chi connectivity index (χ0) is 27.6. The van der Waals surface area contributed by atoms with Crippen molar-refractivity contribution in [1.29, 1.82) is 0 Å². The lowest BCUT2D eigenvalue weighted by Crippen LogP contribution is -2.30. The molecule has 1 aliphatic carbocycles. The van der Waals surface area contributed by atoms with Gasteiger partial charge in [0.2, 0.25) is 5.91 Å². The van der Waals surface area contributed by atoms with Crippen molar-refractivity contribution in [2.75, 3.05) is 7.11 Å². The van der Waals surface area contributed by atoms with Crippen molar-refractivity contribution in [3.05, 3.63) is 47.4 Å². The third-order valence-corrected chi connectivity index (χ3v) is 8.05. The van der Waals surface area contributed by atoms with Gasteiger partial charge < -0.3 is 19.2 Å². The average Bonchev–Trinajstić information content (AvgIpc) is 3.14. The minimum atomic E-state index is -2.97. The van der Waals surface area contributed by atoms with Crippen LogP contribution in [0.4, 0.5) is 13.2 Å². The number of carbonyl (C=O) groups is 2. The number of nitrogens with zero attached hydrogens (tertiary/aromatic N) is 4. The Kier molecular flexibility index (Phi) is 5.92. The maximum absolute atomic E-state index is 14.7. The third-order valence-electron chi connectivity index (χ3n) is 8.05. The molecule has 1 saturated carbocycles. The molecule has 1 amide bonds. The molecule has 6 rings (SSSR count). The predicted octanol–water partition coefficient (Wildman–Crippen LogP) is 5.15. The average molecular weight is 540 g/mol. The molecule has 3 aromatic heterocycles. The SMILES string of the molecule is COC(=O)c1cc2nc(-c3cc4ccc5nc4n3CCCCC[C@@H]3C(C(=O)N[C@@H]5C)C3(F)F)n(C)c2cc1F. The predicted molar refractivity (Wildman–Crippen MR) is 138 cm³/mol. The fourth-order valence-electron chi connectivity index (χ4n) is 5.80. The largest absolute Gasteiger partial charge is 0.465 e. The van der Waals surface area contributed by atoms with E-state index in [-0.39, 0.29) is 5.56 Å². The van der Waals surface area contributed by atoms with Gasteiger partial charge in [0.25, 0.3) is 5.92 Å². The first-order valence-corrected chi connectivity index (χ1v) is 13.0. The van der Waals surface area contributed by atoms with E-state index in [1.54, 1.807) is 24.6 Å². The van der Waals surface area contributed by atoms with Crippen molar-refractivity contribution in [1.82, 2.24) is 24.4 Å². The Hall–Kier alpha value is -3.89. The molecule has 8 nitrogen and oxygen atoms in total. The van der Waals surface area contributed by atoms with E-state index in [0.717, 1.165) is 17.5 Å². The molecule has 1 unspecified atom stereocenters. The molecule has 39 heavy (non-hydrogen) atoms. The number of ether oxygens (including phenoxy) is 1. The number of methoxy groups -OCH3 is 1. The van der Waals surface area contributed by atoms with Gasteiger partial charge in [-0.2, -0.15) is 0 Å². The first kappa shape index (κ1) is 25.4. The topological polar surface area (TPSA) is 91.0 Å². The van der Waals surface area contributed by atoms with Crippen LogP contribution in [0.25, 0.3) is 33.6 Å². The van der Waals surface area contributed by atoms with Gasteiger partial charge in [0.15, 0.2) is 5.82 Å². The lowest BCUT2D eigenvalue weighted by atomic mass is 10.1. The summed E-state index contributed by atoms with van der Waals surface area (Å²) in [6.07, 6.45) is 2.33. The normalized spacial score (nSPS) is 22.9. The molecule has 4 heterocycles. The number of hydrogen-bond acceptors (Lipinski definition) is 5. The molecule has 11 heteroatoms. The first-order valence-electron chi connectivity index (χ1n) is 13.0. The second-order valence-corrected chi connectivity index (χ2v) is 10.5. The molecular weight excluding hydrogens is 511 g/mol. The zero-order valence-corrected chi connectivity index (χ0v) is 21.8. The van der Waals surface area contributed by atoms with Crippen LogP contribution in [0.1, 0.15) is 54.7 Å². The Morgan fingerprint density at radius 3 is 2.72 bits per heavy atom. The number of amides is 1. The molecular formula is C28H28F3N5O3. The number of aryl methyl sites for hydroxylation is 2. The minimum Gasteiger partial charge on any atom is -0.465 e. The fraction of sp³-hybridized carbons (Fsp3) is 0.429. The van der Waals surface area contributed by atoms with E-state index in [2.05, 4.69) is 5.32 Å². The van der Waals surface area contributed by atoms with Crippen molar-refractivity contribution in [3.8, 4) is 11.5 Å². The maximum Gasteiger partial charge on any atom is 0.340 e. The van der Waals surface area contributed by atoms with Crippen LogP contribution in [-0.4, -0.2) is 44.0 Å². The molecule has 4 aromatic rings. The molecule has 0 radical (unpaired) electrons. The Labute approximate surface area is 222 Å². The van der Waals surface area contributed by atoms with E-state index in [4.69, 9.17) is 14.7 Å². The zero-order valence-electron chi connectivity index (χ0n) is 21.8. The highest BCUT2D eigenvalue weighted by Crippen LogP contribution is 2.58. The van der Waals surface area contributed by atoms with E-state index < -0.39 is 41.5 Å². The number of fused-ring (bicyclic) bond motifs is 3. The van der Waals surface area contributed by atoms with E-state index >= 15 is 0 Å². The Morgan fingerprint density at radius 1 is 1.15 bits per heavy atom. The first-order chi connectivity index (χ1) is 18.6. The number of rotatable bonds is 2. The quantitative estimate of drug-likeness (QED) is 0.356. The Balaban J connectivity index is 1.44. The monoisotopic (exact) mass is 539 g/mol. The van der Waals surface area contributed by atoms with Gasteiger partial charge in [0.05, 0.1) is 41.1 Å². The van der Waals surface area contributed by atoms with Gasteiger partial charge in [0.1, 0.15) is 17.4 Å². The van der Waals surface area contributed by atoms with Gasteiger partial charge in [-0.25, -0.2) is 27.9 Å². The highest BCUT2D eigenvalue weighted by Gasteiger charge is 2.71. The third kappa shape index (κ3) is 4.06. The summed E-state index contributed by atoms with van der Waals surface area (Å²) < 4.78 is 51.9. The Bertz CT molecular complexity index is 1640. The number of alkyl halides is 2. The highest BCUT2D eigenvalue weighted by atomic mass is 19.3. The van der Waals surface area contributed by atoms with Crippen LogP contribution >= 0.6 is 0 Å². The summed E-state index contributed by atoms with van der Waals surface area (Å²) >= 11 is 0. The number of imidazole rings is 1. The fourth-order valence-corrected chi connectivity index (χ4v) is 5.80. The van der Waals surface area contributed by atoms with Gasteiger partial charge in [-0.05, 0) is 44.0 Å². The van der Waals surface area contributed by atoms with Crippen LogP contribution < -0.4 is 5.32 Å². The van der Waals surface area contributed by atoms with Crippen LogP contribution in [-0.2, 0) is 23.1 Å². The molecule has 1 fully saturated rings. The molecule has 0 spiro atoms. The summed E-state index contributed by atoms with van der Waals surface area (Å²) in [5, 5.41) is 3.58. The number of esters is 1. The van der Waals surface area contributed by atoms with Gasteiger partial charge in [0, 0.05) is 31.0 Å². The molecule has 2 bridgehead atoms. The van der Waals surface area contributed by atoms with Crippen LogP contribution in [0.15, 0.2) is 30.3 Å². The number of carbonyl (C=O) groups excluding carboxylic acids is 2. The number of halogens is 3. The van der Waals surface area contributed by atoms with Gasteiger partial charge in [-0.3, -0.25) is 4.79 Å². The van der Waals surface area contributed by atoms with E-state index in [1.807, 2.05) is 16.7 Å². The number of hydrogen-bond donors (Lipinski definition) is 1. The molecule has 1 aliphatic heterocycles. The second kappa shape index (κ2) is 9.10. The molecule has 204 valence electrons. The maximum atomic E-state index is 14.7. The lowest BCUT2D eigenvalue weighted by molar-refractivity contribution is -0.125. The van der Waals surface area contributed by atoms with Crippen LogP contribution in [0.5, 0.6) is 0 Å². The van der Waals surface area contributed by atoms with Crippen molar-refractivity contribution in [3.63, 3.8) is 0 Å². The number of aromatic nitrogens is 4. The molecule has 1 aromatic carbocycles. The Morgan fingerprint density at radius 2 is 1.95 bits per heavy atom. The van der Waals surface area contributed by atoms with Crippen LogP contribution in [0.3, 0.4) is 0 Å². The van der Waals surface area contributed by atoms with Crippen molar-refractivity contribution in [2.45, 2.75) is 51.1 Å². The molecule has 3 atom stereocenters. The summed E-state index contributed by atoms with van der Waals surface area (Å²) in [7, 11) is 2.97. The number of benzene rings is 1. The van der Waals surface area contributed by atoms with Gasteiger partial charge >= 0.3 is 5.97 Å². The van der Waals surface area contributed by atoms with Gasteiger partial charge in [-0.1, -0.05) is 12.8 Å². The number of nitrogens with one attached hydrogen (secondary N) is 1. The van der Waals surface area contributed by atoms with Crippen molar-refractivity contribution >= 4 is 33.9 Å². The summed E-state index contributed by atoms with van der Waals surface area (Å²) in [5.74, 6) is -6.71. The van der Waals surface area contributed by atoms with Crippen LogP contribution in [0.2, 0.25) is 0 Å². The second-order valence-electron chi connectivity index (χ2n) is 10.5. The summed E-state index contributed by atoms with van der Waals surface area (Å²) in [6, 6.07) is 7.73. The number of pyridine rings is 1. The summed E-state index contributed by atoms with van der Waals surface area (Å²) in [6.45, 7) is 2.31. The van der Waals surface area contributed by atoms with E-state index in [0.29, 0.717) is 54.0 Å². The minimum absolute atomic E-state index is 0.192. The van der Waals surface area contributed by atoms with E-state index in [9.17, 15) is 22.8 Å². The molecule has 0 saturated heterocycles. The van der Waals surface area contributed by atoms with Crippen molar-refractivity contribution in [2.24, 2.45) is 18.9 Å². The standard InChI is InChI=1S/C28H28F3N5O3/c1-14-19-9-8-15-11-22(25-34-20-12-16(27(38)39-3)18(29)13-21(20)35(25)2)36(24(15)33-19)10-6-4-5-7-17-23(26(37)32-14)28(17,30)31/h8-9,11-14,17,23H,4-7,10H2,1-3H3,(H,32,37)/t14-,17-,23?/m1/s1. The summed E-state index contributed by atoms with van der Waals surface area (Å²) in [4.78, 5) is 34.2. The van der Waals surface area contributed by atoms with Gasteiger partial charge in [-0.15, -0.1) is 0 Å². The van der Waals surface area contributed by atoms with Crippen molar-refractivity contribution < 1.29 is 27.5 Å². The van der Waals surface area contributed by atoms with Crippen LogP contribution in [0, 0.1) is 17.7 Å². The summed E-state index contributed by atoms with van der Waals surface area (Å²) in [5.41, 5.74) is 2.77. The molecule has 2 aliphatic rings. The molecule has 1 N–H and O–H groups in total. The van der Waals surface area contributed by atoms with E-state index in [1.165, 1.54) is 19.2 Å².